The molecule has 0 fully saturated rings. The van der Waals surface area contributed by atoms with Gasteiger partial charge in [0.25, 0.3) is 5.91 Å². The maximum absolute atomic E-state index is 11.8. The van der Waals surface area contributed by atoms with Crippen molar-refractivity contribution in [3.8, 4) is 0 Å². The Bertz CT molecular complexity index is 535. The Hall–Kier alpha value is -1.81. The molecule has 0 heterocycles. The molecule has 4 nitrogen and oxygen atoms in total. The van der Waals surface area contributed by atoms with Crippen molar-refractivity contribution in [3.05, 3.63) is 39.9 Å². The van der Waals surface area contributed by atoms with Gasteiger partial charge in [0.15, 0.2) is 0 Å². The molecule has 2 N–H and O–H groups in total. The van der Waals surface area contributed by atoms with E-state index in [1.165, 1.54) is 13.8 Å². The minimum Gasteiger partial charge on any atom is -0.478 e. The van der Waals surface area contributed by atoms with Crippen LogP contribution in [0.15, 0.2) is 29.3 Å². The van der Waals surface area contributed by atoms with Crippen LogP contribution in [0.4, 0.5) is 5.69 Å². The van der Waals surface area contributed by atoms with Crippen LogP contribution in [-0.2, 0) is 9.59 Å². The number of anilines is 1. The number of hydrogen-bond acceptors (Lipinski definition) is 2. The zero-order chi connectivity index (χ0) is 13.9. The Morgan fingerprint density at radius 1 is 1.22 bits per heavy atom. The Labute approximate surface area is 110 Å². The third-order valence-electron chi connectivity index (χ3n) is 2.67. The molecule has 0 bridgehead atoms. The second-order valence-corrected chi connectivity index (χ2v) is 4.40. The molecular weight excluding hydrogens is 254 g/mol. The van der Waals surface area contributed by atoms with E-state index in [1.807, 2.05) is 6.92 Å². The van der Waals surface area contributed by atoms with Crippen LogP contribution in [0, 0.1) is 6.92 Å². The molecule has 0 atom stereocenters. The predicted molar refractivity (Wildman–Crippen MR) is 70.8 cm³/mol. The van der Waals surface area contributed by atoms with Gasteiger partial charge in [0, 0.05) is 21.9 Å². The largest absolute Gasteiger partial charge is 0.478 e. The monoisotopic (exact) mass is 267 g/mol. The van der Waals surface area contributed by atoms with E-state index in [0.29, 0.717) is 10.7 Å². The molecule has 5 heteroatoms. The minimum absolute atomic E-state index is 0.0205. The molecular formula is C13H14ClNO3. The maximum atomic E-state index is 11.8. The summed E-state index contributed by atoms with van der Waals surface area (Å²) >= 11 is 5.84. The lowest BCUT2D eigenvalue weighted by Gasteiger charge is -2.10. The molecule has 0 aliphatic carbocycles. The van der Waals surface area contributed by atoms with Crippen LogP contribution in [0.1, 0.15) is 19.4 Å². The van der Waals surface area contributed by atoms with Gasteiger partial charge in [-0.1, -0.05) is 17.7 Å². The third-order valence-corrected chi connectivity index (χ3v) is 2.91. The van der Waals surface area contributed by atoms with Crippen LogP contribution in [0.25, 0.3) is 0 Å². The van der Waals surface area contributed by atoms with Crippen LogP contribution in [0.2, 0.25) is 5.02 Å². The Morgan fingerprint density at radius 3 is 2.39 bits per heavy atom. The molecule has 1 aromatic carbocycles. The number of carbonyl (C=O) groups excluding carboxylic acids is 1. The molecule has 0 aliphatic heterocycles. The Balaban J connectivity index is 2.98. The second kappa shape index (κ2) is 5.69. The number of benzene rings is 1. The fourth-order valence-electron chi connectivity index (χ4n) is 1.28. The molecule has 96 valence electrons. The number of amides is 1. The lowest BCUT2D eigenvalue weighted by molar-refractivity contribution is -0.133. The van der Waals surface area contributed by atoms with Gasteiger partial charge in [0.05, 0.1) is 0 Å². The van der Waals surface area contributed by atoms with Crippen molar-refractivity contribution >= 4 is 29.2 Å². The summed E-state index contributed by atoms with van der Waals surface area (Å²) in [5, 5.41) is 12.0. The summed E-state index contributed by atoms with van der Waals surface area (Å²) < 4.78 is 0. The summed E-state index contributed by atoms with van der Waals surface area (Å²) in [7, 11) is 0. The van der Waals surface area contributed by atoms with E-state index in [-0.39, 0.29) is 11.1 Å². The highest BCUT2D eigenvalue weighted by atomic mass is 35.5. The first-order valence-electron chi connectivity index (χ1n) is 5.31. The van der Waals surface area contributed by atoms with E-state index in [2.05, 4.69) is 5.32 Å². The standard InChI is InChI=1S/C13H14ClNO3/c1-7-4-5-10(14)6-11(7)15-12(16)8(2)9(3)13(17)18/h4-6H,1-3H3,(H,15,16)(H,17,18). The van der Waals surface area contributed by atoms with Gasteiger partial charge >= 0.3 is 5.97 Å². The van der Waals surface area contributed by atoms with Crippen molar-refractivity contribution in [2.45, 2.75) is 20.8 Å². The zero-order valence-corrected chi connectivity index (χ0v) is 11.1. The first-order chi connectivity index (χ1) is 8.32. The fourth-order valence-corrected chi connectivity index (χ4v) is 1.45. The van der Waals surface area contributed by atoms with E-state index in [0.717, 1.165) is 5.56 Å². The third kappa shape index (κ3) is 3.34. The van der Waals surface area contributed by atoms with Gasteiger partial charge in [0.1, 0.15) is 0 Å². The molecule has 0 saturated carbocycles. The minimum atomic E-state index is -1.11. The predicted octanol–water partition coefficient (Wildman–Crippen LogP) is 3.01. The van der Waals surface area contributed by atoms with Crippen LogP contribution >= 0.6 is 11.6 Å². The number of carboxylic acid groups (broad SMARTS) is 1. The summed E-state index contributed by atoms with van der Waals surface area (Å²) in [4.78, 5) is 22.6. The molecule has 0 spiro atoms. The zero-order valence-electron chi connectivity index (χ0n) is 10.4. The van der Waals surface area contributed by atoms with Crippen molar-refractivity contribution in [1.82, 2.24) is 0 Å². The molecule has 0 saturated heterocycles. The first-order valence-corrected chi connectivity index (χ1v) is 5.69. The maximum Gasteiger partial charge on any atom is 0.331 e. The van der Waals surface area contributed by atoms with Gasteiger partial charge in [-0.2, -0.15) is 0 Å². The number of carboxylic acids is 1. The summed E-state index contributed by atoms with van der Waals surface area (Å²) in [6, 6.07) is 5.12. The molecule has 1 amide bonds. The molecule has 0 unspecified atom stereocenters. The molecule has 0 aliphatic rings. The quantitative estimate of drug-likeness (QED) is 0.828. The van der Waals surface area contributed by atoms with Crippen LogP contribution < -0.4 is 5.32 Å². The number of carbonyl (C=O) groups is 2. The van der Waals surface area contributed by atoms with Gasteiger partial charge in [-0.25, -0.2) is 4.79 Å². The van der Waals surface area contributed by atoms with Crippen molar-refractivity contribution in [2.24, 2.45) is 0 Å². The lowest BCUT2D eigenvalue weighted by Crippen LogP contribution is -2.16. The number of hydrogen-bond donors (Lipinski definition) is 2. The highest BCUT2D eigenvalue weighted by molar-refractivity contribution is 6.31. The van der Waals surface area contributed by atoms with E-state index < -0.39 is 11.9 Å². The van der Waals surface area contributed by atoms with Crippen LogP contribution in [0.3, 0.4) is 0 Å². The topological polar surface area (TPSA) is 66.4 Å². The van der Waals surface area contributed by atoms with Crippen molar-refractivity contribution in [1.29, 1.82) is 0 Å². The molecule has 18 heavy (non-hydrogen) atoms. The van der Waals surface area contributed by atoms with Gasteiger partial charge in [-0.05, 0) is 38.5 Å². The summed E-state index contributed by atoms with van der Waals surface area (Å²) in [6.07, 6.45) is 0. The van der Waals surface area contributed by atoms with Gasteiger partial charge in [0.2, 0.25) is 0 Å². The smallest absolute Gasteiger partial charge is 0.331 e. The van der Waals surface area contributed by atoms with Crippen LogP contribution in [-0.4, -0.2) is 17.0 Å². The first kappa shape index (κ1) is 14.3. The molecule has 1 rings (SSSR count). The normalized spacial score (nSPS) is 11.8. The number of aryl methyl sites for hydroxylation is 1. The lowest BCUT2D eigenvalue weighted by atomic mass is 10.1. The Kier molecular flexibility index (Phi) is 4.50. The number of rotatable bonds is 3. The van der Waals surface area contributed by atoms with E-state index in [9.17, 15) is 9.59 Å². The van der Waals surface area contributed by atoms with Crippen molar-refractivity contribution in [2.75, 3.05) is 5.32 Å². The van der Waals surface area contributed by atoms with Crippen LogP contribution in [0.5, 0.6) is 0 Å². The highest BCUT2D eigenvalue weighted by Crippen LogP contribution is 2.21. The highest BCUT2D eigenvalue weighted by Gasteiger charge is 2.13. The van der Waals surface area contributed by atoms with Gasteiger partial charge in [-0.15, -0.1) is 0 Å². The number of nitrogens with one attached hydrogen (secondary N) is 1. The van der Waals surface area contributed by atoms with E-state index in [1.54, 1.807) is 18.2 Å². The summed E-state index contributed by atoms with van der Waals surface area (Å²) in [5.41, 5.74) is 1.62. The molecule has 1 aromatic rings. The second-order valence-electron chi connectivity index (χ2n) is 3.97. The summed E-state index contributed by atoms with van der Waals surface area (Å²) in [5.74, 6) is -1.55. The molecule has 0 radical (unpaired) electrons. The van der Waals surface area contributed by atoms with Crippen molar-refractivity contribution < 1.29 is 14.7 Å². The number of halogens is 1. The van der Waals surface area contributed by atoms with E-state index >= 15 is 0 Å². The fraction of sp³-hybridized carbons (Fsp3) is 0.231. The molecule has 0 aromatic heterocycles. The van der Waals surface area contributed by atoms with Gasteiger partial charge in [-0.3, -0.25) is 4.79 Å². The summed E-state index contributed by atoms with van der Waals surface area (Å²) in [6.45, 7) is 4.69. The Morgan fingerprint density at radius 2 is 1.83 bits per heavy atom. The SMILES string of the molecule is CC(C(=O)O)=C(C)C(=O)Nc1cc(Cl)ccc1C. The van der Waals surface area contributed by atoms with E-state index in [4.69, 9.17) is 16.7 Å². The van der Waals surface area contributed by atoms with Crippen molar-refractivity contribution in [3.63, 3.8) is 0 Å². The van der Waals surface area contributed by atoms with Gasteiger partial charge < -0.3 is 10.4 Å². The number of aliphatic carboxylic acids is 1. The average Bonchev–Trinajstić information content (AvgIpc) is 2.31. The average molecular weight is 268 g/mol.